The van der Waals surface area contributed by atoms with Crippen LogP contribution in [0, 0.1) is 0 Å². The Bertz CT molecular complexity index is 3730. The van der Waals surface area contributed by atoms with Crippen LogP contribution >= 0.6 is 0 Å². The molecule has 0 saturated heterocycles. The summed E-state index contributed by atoms with van der Waals surface area (Å²) in [6.07, 6.45) is 0. The highest BCUT2D eigenvalue weighted by Crippen LogP contribution is 2.69. The summed E-state index contributed by atoms with van der Waals surface area (Å²) in [5.74, 6) is -37.8. The fraction of sp³-hybridized carbons (Fsp3) is 0. The highest BCUT2D eigenvalue weighted by atomic mass is 16.4. The van der Waals surface area contributed by atoms with Crippen LogP contribution < -0.4 is 0 Å². The maximum absolute atomic E-state index is 12.2. The average Bonchev–Trinajstić information content (AvgIpc) is 3.69. The normalized spacial score (nSPS) is 11.9. The van der Waals surface area contributed by atoms with Gasteiger partial charge in [0.15, 0.2) is 80.2 Å². The number of fused-ring (bicyclic) bond motifs is 7. The van der Waals surface area contributed by atoms with Crippen molar-refractivity contribution in [3.8, 4) is 160 Å². The minimum absolute atomic E-state index is 0.983. The van der Waals surface area contributed by atoms with Crippen molar-refractivity contribution in [1.29, 1.82) is 0 Å². The summed E-state index contributed by atoms with van der Waals surface area (Å²) in [4.78, 5) is 0. The fourth-order valence-electron chi connectivity index (χ4n) is 8.30. The van der Waals surface area contributed by atoms with E-state index < -0.39 is 225 Å². The monoisotopic (exact) mass is 904 g/mol. The van der Waals surface area contributed by atoms with Crippen LogP contribution in [0.4, 0.5) is 0 Å². The Labute approximate surface area is 351 Å². The number of phenolic OH excluding ortho intramolecular Hbond substituents is 24. The van der Waals surface area contributed by atoms with Crippen molar-refractivity contribution in [2.24, 2.45) is 0 Å². The SMILES string of the molecule is Oc1c(-c2c3c(O)c(O)c(O)c(O)c3c(-c3c(O)c(O)c4c(O)c(O)c(O)c(O)c4c3O)c3c(O)c(O)c(O)c(O)c23)c(O)c2c(oc3c(O)c4c(O)c(O)c(O)c(O)c4c(O)c32)c1O. The van der Waals surface area contributed by atoms with Gasteiger partial charge in [0.1, 0.15) is 17.2 Å². The predicted molar refractivity (Wildman–Crippen MR) is 215 cm³/mol. The van der Waals surface area contributed by atoms with Gasteiger partial charge < -0.3 is 127 Å². The molecular formula is C40H24O25. The summed E-state index contributed by atoms with van der Waals surface area (Å²) >= 11 is 0. The molecule has 25 heteroatoms. The van der Waals surface area contributed by atoms with E-state index in [9.17, 15) is 123 Å². The molecule has 1 aromatic heterocycles. The van der Waals surface area contributed by atoms with Crippen LogP contribution in [0.3, 0.4) is 0 Å². The van der Waals surface area contributed by atoms with Crippen molar-refractivity contribution in [2.75, 3.05) is 0 Å². The Morgan fingerprint density at radius 3 is 0.708 bits per heavy atom. The van der Waals surface area contributed by atoms with Gasteiger partial charge in [0.25, 0.3) is 0 Å². The third-order valence-electron chi connectivity index (χ3n) is 11.2. The van der Waals surface area contributed by atoms with Crippen LogP contribution in [0.2, 0.25) is 0 Å². The van der Waals surface area contributed by atoms with E-state index in [1.165, 1.54) is 0 Å². The lowest BCUT2D eigenvalue weighted by Gasteiger charge is -2.24. The molecule has 0 amide bonds. The van der Waals surface area contributed by atoms with Crippen molar-refractivity contribution >= 4 is 65.0 Å². The van der Waals surface area contributed by atoms with Crippen molar-refractivity contribution in [1.82, 2.24) is 0 Å². The van der Waals surface area contributed by atoms with E-state index in [-0.39, 0.29) is 0 Å². The van der Waals surface area contributed by atoms with Gasteiger partial charge in [-0.05, 0) is 0 Å². The van der Waals surface area contributed by atoms with Gasteiger partial charge in [0.2, 0.25) is 51.7 Å². The number of hydrogen-bond donors (Lipinski definition) is 24. The lowest BCUT2D eigenvalue weighted by Crippen LogP contribution is -1.97. The molecule has 1 heterocycles. The smallest absolute Gasteiger partial charge is 0.205 e. The highest BCUT2D eigenvalue weighted by molar-refractivity contribution is 6.33. The number of phenols is 24. The van der Waals surface area contributed by atoms with Gasteiger partial charge in [-0.3, -0.25) is 0 Å². The first-order valence-electron chi connectivity index (χ1n) is 17.5. The van der Waals surface area contributed by atoms with Gasteiger partial charge in [0, 0.05) is 32.7 Å². The van der Waals surface area contributed by atoms with Gasteiger partial charge >= 0.3 is 0 Å². The molecule has 0 aliphatic rings. The van der Waals surface area contributed by atoms with E-state index in [0.29, 0.717) is 0 Å². The minimum atomic E-state index is -1.71. The van der Waals surface area contributed by atoms with Crippen molar-refractivity contribution in [3.05, 3.63) is 0 Å². The largest absolute Gasteiger partial charge is 0.506 e. The second kappa shape index (κ2) is 12.2. The Morgan fingerprint density at radius 2 is 0.354 bits per heavy atom. The van der Waals surface area contributed by atoms with Crippen molar-refractivity contribution in [2.45, 2.75) is 0 Å². The lowest BCUT2D eigenvalue weighted by molar-refractivity contribution is 0.347. The molecule has 0 atom stereocenters. The summed E-state index contributed by atoms with van der Waals surface area (Å²) in [5.41, 5.74) is -7.64. The molecule has 0 fully saturated rings. The zero-order chi connectivity index (χ0) is 47.8. The van der Waals surface area contributed by atoms with Gasteiger partial charge in [-0.1, -0.05) is 0 Å². The minimum Gasteiger partial charge on any atom is -0.506 e. The Morgan fingerprint density at radius 1 is 0.138 bits per heavy atom. The Hall–Kier alpha value is -10.2. The van der Waals surface area contributed by atoms with Crippen LogP contribution in [0.1, 0.15) is 0 Å². The van der Waals surface area contributed by atoms with Crippen LogP contribution in [-0.2, 0) is 0 Å². The standard InChI is InChI=1S/C40H24O25/c41-15-7(22(48)23(49)11-9(15)24(50)34(60)36(62)26(11)52)1-3-5(20(46)32(58)30(56)18(3)44)2(6-4(1)19(45)31(57)33(59)21(6)47)8-16(42)14-13-17(43)10-12(27(53)37(63)35(61)25(10)51)29(55)39(13)65-40(14)38(64)28(8)54/h41-64H. The molecule has 0 saturated carbocycles. The molecule has 9 aromatic rings. The first kappa shape index (κ1) is 40.2. The second-order valence-electron chi connectivity index (χ2n) is 14.4. The molecule has 0 bridgehead atoms. The maximum atomic E-state index is 12.2. The predicted octanol–water partition coefficient (Wildman–Crippen LogP) is 4.47. The van der Waals surface area contributed by atoms with Crippen LogP contribution in [0.5, 0.6) is 138 Å². The summed E-state index contributed by atoms with van der Waals surface area (Å²) in [6.45, 7) is 0. The van der Waals surface area contributed by atoms with E-state index in [1.54, 1.807) is 0 Å². The van der Waals surface area contributed by atoms with E-state index in [1.807, 2.05) is 0 Å². The van der Waals surface area contributed by atoms with Crippen molar-refractivity contribution in [3.63, 3.8) is 0 Å². The molecule has 0 aliphatic heterocycles. The van der Waals surface area contributed by atoms with E-state index in [2.05, 4.69) is 0 Å². The van der Waals surface area contributed by atoms with Gasteiger partial charge in [0.05, 0.1) is 43.4 Å². The summed E-state index contributed by atoms with van der Waals surface area (Å²) in [6, 6.07) is 0. The third kappa shape index (κ3) is 4.37. The molecule has 9 rings (SSSR count). The molecule has 334 valence electrons. The molecule has 25 nitrogen and oxygen atoms in total. The zero-order valence-electron chi connectivity index (χ0n) is 31.1. The van der Waals surface area contributed by atoms with Crippen molar-refractivity contribution < 1.29 is 127 Å². The first-order valence-corrected chi connectivity index (χ1v) is 17.5. The van der Waals surface area contributed by atoms with E-state index in [4.69, 9.17) is 4.42 Å². The van der Waals surface area contributed by atoms with Gasteiger partial charge in [-0.15, -0.1) is 0 Å². The first-order chi connectivity index (χ1) is 30.3. The third-order valence-corrected chi connectivity index (χ3v) is 11.2. The maximum Gasteiger partial charge on any atom is 0.205 e. The fourth-order valence-corrected chi connectivity index (χ4v) is 8.30. The number of aromatic hydroxyl groups is 24. The van der Waals surface area contributed by atoms with Crippen LogP contribution in [0.25, 0.3) is 87.3 Å². The number of rotatable bonds is 2. The molecule has 0 radical (unpaired) electrons. The van der Waals surface area contributed by atoms with Gasteiger partial charge in [-0.2, -0.15) is 0 Å². The highest BCUT2D eigenvalue weighted by Gasteiger charge is 2.40. The quantitative estimate of drug-likeness (QED) is 0.0646. The number of benzene rings is 8. The number of furan rings is 1. The lowest BCUT2D eigenvalue weighted by atomic mass is 9.81. The summed E-state index contributed by atoms with van der Waals surface area (Å²) in [7, 11) is 0. The van der Waals surface area contributed by atoms with Crippen LogP contribution in [-0.4, -0.2) is 123 Å². The Balaban J connectivity index is 1.62. The topological polar surface area (TPSA) is 499 Å². The average molecular weight is 905 g/mol. The Kier molecular flexibility index (Phi) is 7.56. The van der Waals surface area contributed by atoms with E-state index in [0.717, 1.165) is 0 Å². The van der Waals surface area contributed by atoms with Gasteiger partial charge in [-0.25, -0.2) is 0 Å². The second-order valence-corrected chi connectivity index (χ2v) is 14.4. The number of hydrogen-bond acceptors (Lipinski definition) is 25. The van der Waals surface area contributed by atoms with E-state index >= 15 is 0 Å². The molecular weight excluding hydrogens is 880 g/mol. The summed E-state index contributed by atoms with van der Waals surface area (Å²) in [5, 5.41) is 254. The molecule has 8 aromatic carbocycles. The molecule has 65 heavy (non-hydrogen) atoms. The zero-order valence-corrected chi connectivity index (χ0v) is 31.1. The van der Waals surface area contributed by atoms with Crippen LogP contribution in [0.15, 0.2) is 4.42 Å². The molecule has 24 N–H and O–H groups in total. The molecule has 0 spiro atoms. The molecule has 0 aliphatic carbocycles. The molecule has 0 unspecified atom stereocenters. The summed E-state index contributed by atoms with van der Waals surface area (Å²) < 4.78 is 5.44.